The molecule has 14 heavy (non-hydrogen) atoms. The number of nitrogens with two attached hydrogens (primary N) is 1. The van der Waals surface area contributed by atoms with Crippen molar-refractivity contribution >= 4 is 5.69 Å². The lowest BCUT2D eigenvalue weighted by Crippen LogP contribution is -2.05. The Hall–Kier alpha value is -1.22. The predicted molar refractivity (Wildman–Crippen MR) is 57.1 cm³/mol. The van der Waals surface area contributed by atoms with Gasteiger partial charge in [-0.3, -0.25) is 0 Å². The van der Waals surface area contributed by atoms with E-state index in [4.69, 9.17) is 5.73 Å². The highest BCUT2D eigenvalue weighted by atomic mass is 16.3. The van der Waals surface area contributed by atoms with Gasteiger partial charge in [-0.15, -0.1) is 0 Å². The Balaban J connectivity index is 2.55. The van der Waals surface area contributed by atoms with E-state index in [9.17, 15) is 10.2 Å². The number of aryl methyl sites for hydroxylation is 1. The van der Waals surface area contributed by atoms with Crippen LogP contribution in [-0.4, -0.2) is 16.3 Å². The number of benzene rings is 1. The molecule has 0 fully saturated rings. The third kappa shape index (κ3) is 2.92. The first-order valence-corrected chi connectivity index (χ1v) is 4.89. The lowest BCUT2D eigenvalue weighted by atomic mass is 10.0. The first-order valence-electron chi connectivity index (χ1n) is 4.89. The zero-order chi connectivity index (χ0) is 10.6. The van der Waals surface area contributed by atoms with Gasteiger partial charge in [0.1, 0.15) is 5.75 Å². The van der Waals surface area contributed by atoms with Gasteiger partial charge >= 0.3 is 0 Å². The molecule has 1 atom stereocenters. The van der Waals surface area contributed by atoms with Gasteiger partial charge in [-0.1, -0.05) is 13.0 Å². The molecule has 3 nitrogen and oxygen atoms in total. The molecule has 0 amide bonds. The van der Waals surface area contributed by atoms with Gasteiger partial charge in [0.05, 0.1) is 11.8 Å². The third-order valence-corrected chi connectivity index (χ3v) is 2.33. The van der Waals surface area contributed by atoms with E-state index in [1.165, 1.54) is 0 Å². The number of aliphatic hydroxyl groups excluding tert-OH is 1. The van der Waals surface area contributed by atoms with Crippen LogP contribution in [0.5, 0.6) is 5.75 Å². The fourth-order valence-electron chi connectivity index (χ4n) is 1.30. The predicted octanol–water partition coefficient (Wildman–Crippen LogP) is 1.68. The monoisotopic (exact) mass is 195 g/mol. The van der Waals surface area contributed by atoms with Crippen LogP contribution in [0, 0.1) is 0 Å². The number of rotatable bonds is 4. The van der Waals surface area contributed by atoms with Crippen molar-refractivity contribution < 1.29 is 10.2 Å². The molecule has 78 valence electrons. The molecule has 0 heterocycles. The highest BCUT2D eigenvalue weighted by Crippen LogP contribution is 2.21. The van der Waals surface area contributed by atoms with Gasteiger partial charge in [-0.05, 0) is 37.0 Å². The molecule has 0 spiro atoms. The summed E-state index contributed by atoms with van der Waals surface area (Å²) >= 11 is 0. The second kappa shape index (κ2) is 4.86. The SMILES string of the molecule is CCC(O)CCc1ccc(O)c(N)c1. The van der Waals surface area contributed by atoms with Crippen molar-refractivity contribution in [1.29, 1.82) is 0 Å². The summed E-state index contributed by atoms with van der Waals surface area (Å²) in [5, 5.41) is 18.6. The smallest absolute Gasteiger partial charge is 0.138 e. The van der Waals surface area contributed by atoms with E-state index in [1.54, 1.807) is 12.1 Å². The lowest BCUT2D eigenvalue weighted by molar-refractivity contribution is 0.160. The summed E-state index contributed by atoms with van der Waals surface area (Å²) < 4.78 is 0. The van der Waals surface area contributed by atoms with Crippen LogP contribution < -0.4 is 5.73 Å². The maximum Gasteiger partial charge on any atom is 0.138 e. The topological polar surface area (TPSA) is 66.5 Å². The highest BCUT2D eigenvalue weighted by Gasteiger charge is 2.03. The Morgan fingerprint density at radius 3 is 2.71 bits per heavy atom. The number of aromatic hydroxyl groups is 1. The van der Waals surface area contributed by atoms with Crippen molar-refractivity contribution in [2.75, 3.05) is 5.73 Å². The lowest BCUT2D eigenvalue weighted by Gasteiger charge is -2.08. The van der Waals surface area contributed by atoms with Crippen LogP contribution in [0.1, 0.15) is 25.3 Å². The van der Waals surface area contributed by atoms with Gasteiger partial charge in [0.2, 0.25) is 0 Å². The molecule has 1 aromatic carbocycles. The Labute approximate surface area is 84.2 Å². The Morgan fingerprint density at radius 1 is 1.43 bits per heavy atom. The number of hydrogen-bond donors (Lipinski definition) is 3. The average molecular weight is 195 g/mol. The molecule has 0 saturated heterocycles. The number of phenolic OH excluding ortho intramolecular Hbond substituents is 1. The summed E-state index contributed by atoms with van der Waals surface area (Å²) in [5.41, 5.74) is 6.99. The summed E-state index contributed by atoms with van der Waals surface area (Å²) in [6.45, 7) is 1.95. The number of nitrogen functional groups attached to an aromatic ring is 1. The summed E-state index contributed by atoms with van der Waals surface area (Å²) in [6, 6.07) is 5.16. The van der Waals surface area contributed by atoms with E-state index in [1.807, 2.05) is 13.0 Å². The van der Waals surface area contributed by atoms with Crippen LogP contribution in [-0.2, 0) is 6.42 Å². The highest BCUT2D eigenvalue weighted by molar-refractivity contribution is 5.53. The third-order valence-electron chi connectivity index (χ3n) is 2.33. The molecule has 3 heteroatoms. The second-order valence-corrected chi connectivity index (χ2v) is 3.49. The Bertz CT molecular complexity index is 299. The van der Waals surface area contributed by atoms with E-state index in [-0.39, 0.29) is 11.9 Å². The molecule has 1 aromatic rings. The van der Waals surface area contributed by atoms with E-state index >= 15 is 0 Å². The van der Waals surface area contributed by atoms with Crippen molar-refractivity contribution in [3.63, 3.8) is 0 Å². The van der Waals surface area contributed by atoms with Gasteiger partial charge in [-0.25, -0.2) is 0 Å². The van der Waals surface area contributed by atoms with Crippen molar-refractivity contribution in [2.24, 2.45) is 0 Å². The van der Waals surface area contributed by atoms with Crippen molar-refractivity contribution in [3.8, 4) is 5.75 Å². The van der Waals surface area contributed by atoms with Gasteiger partial charge < -0.3 is 15.9 Å². The first-order chi connectivity index (χ1) is 6.63. The molecule has 0 saturated carbocycles. The molecular formula is C11H17NO2. The number of aliphatic hydroxyl groups is 1. The van der Waals surface area contributed by atoms with E-state index in [0.717, 1.165) is 24.8 Å². The minimum Gasteiger partial charge on any atom is -0.506 e. The normalized spacial score (nSPS) is 12.7. The zero-order valence-electron chi connectivity index (χ0n) is 8.40. The molecular weight excluding hydrogens is 178 g/mol. The van der Waals surface area contributed by atoms with Crippen molar-refractivity contribution in [1.82, 2.24) is 0 Å². The fraction of sp³-hybridized carbons (Fsp3) is 0.455. The zero-order valence-corrected chi connectivity index (χ0v) is 8.40. The van der Waals surface area contributed by atoms with Gasteiger partial charge in [0.25, 0.3) is 0 Å². The minimum absolute atomic E-state index is 0.116. The van der Waals surface area contributed by atoms with E-state index in [2.05, 4.69) is 0 Å². The average Bonchev–Trinajstić information content (AvgIpc) is 2.19. The summed E-state index contributed by atoms with van der Waals surface area (Å²) in [7, 11) is 0. The summed E-state index contributed by atoms with van der Waals surface area (Å²) in [6.07, 6.45) is 2.05. The standard InChI is InChI=1S/C11H17NO2/c1-2-9(13)5-3-8-4-6-11(14)10(12)7-8/h4,6-7,9,13-14H,2-3,5,12H2,1H3. The largest absolute Gasteiger partial charge is 0.506 e. The van der Waals surface area contributed by atoms with Crippen LogP contribution in [0.15, 0.2) is 18.2 Å². The van der Waals surface area contributed by atoms with E-state index < -0.39 is 0 Å². The van der Waals surface area contributed by atoms with E-state index in [0.29, 0.717) is 5.69 Å². The maximum absolute atomic E-state index is 9.36. The summed E-state index contributed by atoms with van der Waals surface area (Å²) in [5.74, 6) is 0.116. The van der Waals surface area contributed by atoms with Gasteiger partial charge in [0.15, 0.2) is 0 Å². The fourth-order valence-corrected chi connectivity index (χ4v) is 1.30. The molecule has 0 aliphatic heterocycles. The van der Waals surface area contributed by atoms with Crippen molar-refractivity contribution in [2.45, 2.75) is 32.3 Å². The molecule has 4 N–H and O–H groups in total. The molecule has 0 bridgehead atoms. The van der Waals surface area contributed by atoms with Gasteiger partial charge in [-0.2, -0.15) is 0 Å². The van der Waals surface area contributed by atoms with Crippen molar-refractivity contribution in [3.05, 3.63) is 23.8 Å². The van der Waals surface area contributed by atoms with Crippen LogP contribution >= 0.6 is 0 Å². The minimum atomic E-state index is -0.245. The van der Waals surface area contributed by atoms with Crippen LogP contribution in [0.4, 0.5) is 5.69 Å². The number of anilines is 1. The first kappa shape index (κ1) is 10.9. The maximum atomic E-state index is 9.36. The number of phenols is 1. The quantitative estimate of drug-likeness (QED) is 0.506. The molecule has 1 unspecified atom stereocenters. The van der Waals surface area contributed by atoms with Crippen LogP contribution in [0.3, 0.4) is 0 Å². The van der Waals surface area contributed by atoms with Crippen LogP contribution in [0.25, 0.3) is 0 Å². The van der Waals surface area contributed by atoms with Gasteiger partial charge in [0, 0.05) is 0 Å². The molecule has 0 aliphatic carbocycles. The summed E-state index contributed by atoms with van der Waals surface area (Å²) in [4.78, 5) is 0. The molecule has 0 aliphatic rings. The molecule has 0 radical (unpaired) electrons. The molecule has 1 rings (SSSR count). The Morgan fingerprint density at radius 2 is 2.14 bits per heavy atom. The Kier molecular flexibility index (Phi) is 3.77. The second-order valence-electron chi connectivity index (χ2n) is 3.49. The number of hydrogen-bond acceptors (Lipinski definition) is 3. The van der Waals surface area contributed by atoms with Crippen LogP contribution in [0.2, 0.25) is 0 Å². The molecule has 0 aromatic heterocycles.